The van der Waals surface area contributed by atoms with Gasteiger partial charge in [-0.2, -0.15) is 0 Å². The van der Waals surface area contributed by atoms with Crippen molar-refractivity contribution in [2.45, 2.75) is 33.1 Å². The SMILES string of the molecule is CCC(CC)(CO)CNC(=O)c1ccc2c(c1)CC(=O)N2. The topological polar surface area (TPSA) is 78.4 Å². The van der Waals surface area contributed by atoms with Crippen molar-refractivity contribution in [1.29, 1.82) is 0 Å². The molecule has 0 saturated carbocycles. The summed E-state index contributed by atoms with van der Waals surface area (Å²) in [7, 11) is 0. The molecule has 21 heavy (non-hydrogen) atoms. The van der Waals surface area contributed by atoms with Crippen LogP contribution in [0.4, 0.5) is 5.69 Å². The Kier molecular flexibility index (Phi) is 4.63. The average Bonchev–Trinajstić information content (AvgIpc) is 2.88. The van der Waals surface area contributed by atoms with Crippen molar-refractivity contribution in [2.24, 2.45) is 5.41 Å². The zero-order valence-corrected chi connectivity index (χ0v) is 12.5. The molecule has 1 aromatic rings. The van der Waals surface area contributed by atoms with Crippen LogP contribution in [-0.4, -0.2) is 30.1 Å². The van der Waals surface area contributed by atoms with Gasteiger partial charge in [-0.05, 0) is 36.6 Å². The first-order valence-electron chi connectivity index (χ1n) is 7.35. The highest BCUT2D eigenvalue weighted by molar-refractivity contribution is 6.01. The molecule has 1 aliphatic rings. The van der Waals surface area contributed by atoms with Crippen LogP contribution >= 0.6 is 0 Å². The van der Waals surface area contributed by atoms with Crippen LogP contribution in [0, 0.1) is 5.41 Å². The first kappa shape index (κ1) is 15.5. The summed E-state index contributed by atoms with van der Waals surface area (Å²) in [5.41, 5.74) is 1.92. The molecule has 0 aliphatic carbocycles. The summed E-state index contributed by atoms with van der Waals surface area (Å²) in [6, 6.07) is 5.22. The molecule has 114 valence electrons. The van der Waals surface area contributed by atoms with Crippen LogP contribution in [0.1, 0.15) is 42.6 Å². The van der Waals surface area contributed by atoms with Crippen LogP contribution in [0.5, 0.6) is 0 Å². The average molecular weight is 290 g/mol. The molecule has 0 fully saturated rings. The lowest BCUT2D eigenvalue weighted by Gasteiger charge is -2.29. The molecular formula is C16H22N2O3. The van der Waals surface area contributed by atoms with Gasteiger partial charge in [0.25, 0.3) is 5.91 Å². The van der Waals surface area contributed by atoms with Gasteiger partial charge < -0.3 is 15.7 Å². The van der Waals surface area contributed by atoms with Crippen LogP contribution in [0.3, 0.4) is 0 Å². The van der Waals surface area contributed by atoms with E-state index in [0.29, 0.717) is 18.5 Å². The number of anilines is 1. The van der Waals surface area contributed by atoms with Gasteiger partial charge in [-0.25, -0.2) is 0 Å². The number of fused-ring (bicyclic) bond motifs is 1. The van der Waals surface area contributed by atoms with Crippen LogP contribution in [0.2, 0.25) is 0 Å². The Balaban J connectivity index is 2.05. The molecule has 1 aromatic carbocycles. The molecule has 0 aromatic heterocycles. The van der Waals surface area contributed by atoms with Crippen molar-refractivity contribution in [3.8, 4) is 0 Å². The number of rotatable bonds is 6. The third-order valence-corrected chi connectivity index (χ3v) is 4.45. The van der Waals surface area contributed by atoms with E-state index in [-0.39, 0.29) is 23.8 Å². The lowest BCUT2D eigenvalue weighted by molar-refractivity contribution is -0.115. The maximum absolute atomic E-state index is 12.2. The minimum absolute atomic E-state index is 0.0428. The van der Waals surface area contributed by atoms with E-state index in [1.54, 1.807) is 18.2 Å². The van der Waals surface area contributed by atoms with E-state index in [4.69, 9.17) is 0 Å². The molecule has 1 heterocycles. The van der Waals surface area contributed by atoms with Crippen LogP contribution in [-0.2, 0) is 11.2 Å². The van der Waals surface area contributed by atoms with E-state index in [2.05, 4.69) is 10.6 Å². The molecule has 0 unspecified atom stereocenters. The number of carbonyl (C=O) groups excluding carboxylic acids is 2. The van der Waals surface area contributed by atoms with E-state index >= 15 is 0 Å². The normalized spacial score (nSPS) is 13.8. The minimum atomic E-state index is -0.260. The highest BCUT2D eigenvalue weighted by atomic mass is 16.3. The number of nitrogens with one attached hydrogen (secondary N) is 2. The van der Waals surface area contributed by atoms with Crippen molar-refractivity contribution in [3.05, 3.63) is 29.3 Å². The third kappa shape index (κ3) is 3.24. The molecule has 0 bridgehead atoms. The molecule has 5 nitrogen and oxygen atoms in total. The molecule has 0 atom stereocenters. The van der Waals surface area contributed by atoms with Crippen molar-refractivity contribution >= 4 is 17.5 Å². The highest BCUT2D eigenvalue weighted by Crippen LogP contribution is 2.26. The van der Waals surface area contributed by atoms with E-state index in [9.17, 15) is 14.7 Å². The molecule has 3 N–H and O–H groups in total. The second-order valence-electron chi connectivity index (χ2n) is 5.64. The summed E-state index contributed by atoms with van der Waals surface area (Å²) in [6.45, 7) is 4.53. The summed E-state index contributed by atoms with van der Waals surface area (Å²) in [5, 5.41) is 15.2. The Bertz CT molecular complexity index is 542. The van der Waals surface area contributed by atoms with Gasteiger partial charge in [-0.15, -0.1) is 0 Å². The van der Waals surface area contributed by atoms with Gasteiger partial charge >= 0.3 is 0 Å². The Labute approximate surface area is 124 Å². The van der Waals surface area contributed by atoms with Crippen LogP contribution < -0.4 is 10.6 Å². The molecule has 5 heteroatoms. The third-order valence-electron chi connectivity index (χ3n) is 4.45. The van der Waals surface area contributed by atoms with Gasteiger partial charge in [0, 0.05) is 23.2 Å². The van der Waals surface area contributed by atoms with Gasteiger partial charge in [0.15, 0.2) is 0 Å². The molecule has 0 radical (unpaired) electrons. The molecule has 1 aliphatic heterocycles. The lowest BCUT2D eigenvalue weighted by atomic mass is 9.83. The van der Waals surface area contributed by atoms with Gasteiger partial charge in [0.2, 0.25) is 5.91 Å². The van der Waals surface area contributed by atoms with Gasteiger partial charge in [0.05, 0.1) is 13.0 Å². The fraction of sp³-hybridized carbons (Fsp3) is 0.500. The fourth-order valence-corrected chi connectivity index (χ4v) is 2.52. The van der Waals surface area contributed by atoms with Gasteiger partial charge in [0.1, 0.15) is 0 Å². The number of hydrogen-bond acceptors (Lipinski definition) is 3. The summed E-state index contributed by atoms with van der Waals surface area (Å²) in [4.78, 5) is 23.5. The van der Waals surface area contributed by atoms with Crippen molar-refractivity contribution in [3.63, 3.8) is 0 Å². The molecule has 2 amide bonds. The fourth-order valence-electron chi connectivity index (χ4n) is 2.52. The lowest BCUT2D eigenvalue weighted by Crippen LogP contribution is -2.39. The summed E-state index contributed by atoms with van der Waals surface area (Å²) in [6.07, 6.45) is 1.94. The van der Waals surface area contributed by atoms with Gasteiger partial charge in [-0.1, -0.05) is 13.8 Å². The number of aliphatic hydroxyl groups is 1. The quantitative estimate of drug-likeness (QED) is 0.746. The molecule has 0 saturated heterocycles. The highest BCUT2D eigenvalue weighted by Gasteiger charge is 2.26. The van der Waals surface area contributed by atoms with E-state index in [1.807, 2.05) is 13.8 Å². The number of hydrogen-bond donors (Lipinski definition) is 3. The first-order valence-corrected chi connectivity index (χ1v) is 7.35. The Morgan fingerprint density at radius 3 is 2.71 bits per heavy atom. The molecule has 0 spiro atoms. The first-order chi connectivity index (χ1) is 10.0. The summed E-state index contributed by atoms with van der Waals surface area (Å²) < 4.78 is 0. The maximum atomic E-state index is 12.2. The Morgan fingerprint density at radius 2 is 2.10 bits per heavy atom. The zero-order chi connectivity index (χ0) is 15.5. The molecule has 2 rings (SSSR count). The number of aliphatic hydroxyl groups excluding tert-OH is 1. The maximum Gasteiger partial charge on any atom is 0.251 e. The summed E-state index contributed by atoms with van der Waals surface area (Å²) in [5.74, 6) is -0.212. The predicted octanol–water partition coefficient (Wildman–Crippen LogP) is 1.71. The standard InChI is InChI=1S/C16H22N2O3/c1-3-16(4-2,10-19)9-17-15(21)11-5-6-13-12(7-11)8-14(20)18-13/h5-7,19H,3-4,8-10H2,1-2H3,(H,17,21)(H,18,20). The summed E-state index contributed by atoms with van der Waals surface area (Å²) >= 11 is 0. The molecular weight excluding hydrogens is 268 g/mol. The number of benzene rings is 1. The predicted molar refractivity (Wildman–Crippen MR) is 81.2 cm³/mol. The smallest absolute Gasteiger partial charge is 0.251 e. The number of amides is 2. The minimum Gasteiger partial charge on any atom is -0.396 e. The second kappa shape index (κ2) is 6.26. The van der Waals surface area contributed by atoms with E-state index in [0.717, 1.165) is 24.1 Å². The van der Waals surface area contributed by atoms with E-state index < -0.39 is 0 Å². The monoisotopic (exact) mass is 290 g/mol. The Morgan fingerprint density at radius 1 is 1.38 bits per heavy atom. The van der Waals surface area contributed by atoms with E-state index in [1.165, 1.54) is 0 Å². The zero-order valence-electron chi connectivity index (χ0n) is 12.5. The van der Waals surface area contributed by atoms with Gasteiger partial charge in [-0.3, -0.25) is 9.59 Å². The number of carbonyl (C=O) groups is 2. The van der Waals surface area contributed by atoms with Crippen molar-refractivity contribution in [1.82, 2.24) is 5.32 Å². The largest absolute Gasteiger partial charge is 0.396 e. The second-order valence-corrected chi connectivity index (χ2v) is 5.64. The Hall–Kier alpha value is -1.88. The van der Waals surface area contributed by atoms with Crippen LogP contribution in [0.15, 0.2) is 18.2 Å². The van der Waals surface area contributed by atoms with Crippen molar-refractivity contribution in [2.75, 3.05) is 18.5 Å². The van der Waals surface area contributed by atoms with Crippen LogP contribution in [0.25, 0.3) is 0 Å². The van der Waals surface area contributed by atoms with Crippen molar-refractivity contribution < 1.29 is 14.7 Å².